The highest BCUT2D eigenvalue weighted by molar-refractivity contribution is 5.60. The maximum Gasteiger partial charge on any atom is 0.330 e. The third-order valence-corrected chi connectivity index (χ3v) is 2.56. The minimum absolute atomic E-state index is 0.0696. The maximum atomic E-state index is 11.7. The van der Waals surface area contributed by atoms with E-state index in [2.05, 4.69) is 10.3 Å². The Kier molecular flexibility index (Phi) is 5.58. The average molecular weight is 272 g/mol. The number of H-pyrrole nitrogens is 1. The fraction of sp³-hybridized carbons (Fsp3) is 0.636. The summed E-state index contributed by atoms with van der Waals surface area (Å²) >= 11 is 0. The van der Waals surface area contributed by atoms with Gasteiger partial charge in [0.1, 0.15) is 11.5 Å². The normalized spacial score (nSPS) is 12.4. The van der Waals surface area contributed by atoms with E-state index in [0.717, 1.165) is 0 Å². The second-order valence-electron chi connectivity index (χ2n) is 4.16. The first-order chi connectivity index (χ1) is 9.01. The van der Waals surface area contributed by atoms with Crippen molar-refractivity contribution in [3.8, 4) is 0 Å². The number of aliphatic hydroxyl groups is 1. The van der Waals surface area contributed by atoms with Gasteiger partial charge in [-0.15, -0.1) is 0 Å². The number of anilines is 2. The zero-order valence-electron chi connectivity index (χ0n) is 11.1. The molecule has 8 nitrogen and oxygen atoms in total. The van der Waals surface area contributed by atoms with Gasteiger partial charge in [-0.05, 0) is 6.42 Å². The van der Waals surface area contributed by atoms with Gasteiger partial charge in [0.25, 0.3) is 5.56 Å². The Bertz CT molecular complexity index is 522. The number of nitrogens with zero attached hydrogens (tertiary/aromatic N) is 1. The number of aliphatic hydroxyl groups excluding tert-OH is 1. The zero-order valence-corrected chi connectivity index (χ0v) is 11.1. The van der Waals surface area contributed by atoms with E-state index in [-0.39, 0.29) is 24.7 Å². The smallest absolute Gasteiger partial charge is 0.330 e. The Morgan fingerprint density at radius 1 is 1.53 bits per heavy atom. The Morgan fingerprint density at radius 2 is 2.21 bits per heavy atom. The van der Waals surface area contributed by atoms with Gasteiger partial charge in [-0.25, -0.2) is 4.79 Å². The lowest BCUT2D eigenvalue weighted by Crippen LogP contribution is -2.35. The molecule has 0 radical (unpaired) electrons. The molecule has 0 fully saturated rings. The van der Waals surface area contributed by atoms with Crippen LogP contribution in [0.15, 0.2) is 9.59 Å². The molecule has 0 aliphatic rings. The highest BCUT2D eigenvalue weighted by atomic mass is 16.5. The van der Waals surface area contributed by atoms with Crippen molar-refractivity contribution in [1.82, 2.24) is 9.55 Å². The first-order valence-corrected chi connectivity index (χ1v) is 6.04. The third-order valence-electron chi connectivity index (χ3n) is 2.56. The number of nitrogens with one attached hydrogen (secondary N) is 2. The van der Waals surface area contributed by atoms with Gasteiger partial charge in [-0.1, -0.05) is 6.92 Å². The van der Waals surface area contributed by atoms with Gasteiger partial charge in [-0.3, -0.25) is 14.3 Å². The lowest BCUT2D eigenvalue weighted by Gasteiger charge is -2.15. The third kappa shape index (κ3) is 3.83. The summed E-state index contributed by atoms with van der Waals surface area (Å²) in [5.74, 6) is 0.0696. The lowest BCUT2D eigenvalue weighted by atomic mass is 10.3. The first-order valence-electron chi connectivity index (χ1n) is 6.04. The van der Waals surface area contributed by atoms with Gasteiger partial charge in [0.2, 0.25) is 0 Å². The average Bonchev–Trinajstić information content (AvgIpc) is 2.34. The number of rotatable bonds is 7. The largest absolute Gasteiger partial charge is 0.389 e. The predicted octanol–water partition coefficient (Wildman–Crippen LogP) is -1.05. The van der Waals surface area contributed by atoms with Crippen LogP contribution in [0, 0.1) is 0 Å². The van der Waals surface area contributed by atoms with Crippen LogP contribution in [0.4, 0.5) is 11.5 Å². The predicted molar refractivity (Wildman–Crippen MR) is 72.4 cm³/mol. The minimum atomic E-state index is -0.768. The molecule has 0 bridgehead atoms. The van der Waals surface area contributed by atoms with Crippen LogP contribution in [0.3, 0.4) is 0 Å². The van der Waals surface area contributed by atoms with Crippen molar-refractivity contribution < 1.29 is 9.84 Å². The number of nitrogen functional groups attached to an aromatic ring is 1. The standard InChI is InChI=1S/C11H20N4O4/c1-3-4-15-9(12)8(10(17)14-11(15)18)13-5-7(16)6-19-2/h7,13,16H,3-6,12H2,1-2H3,(H,14,17,18). The molecule has 5 N–H and O–H groups in total. The molecule has 0 aliphatic carbocycles. The summed E-state index contributed by atoms with van der Waals surface area (Å²) < 4.78 is 6.06. The monoisotopic (exact) mass is 272 g/mol. The fourth-order valence-corrected chi connectivity index (χ4v) is 1.68. The van der Waals surface area contributed by atoms with E-state index in [0.29, 0.717) is 13.0 Å². The van der Waals surface area contributed by atoms with Crippen molar-refractivity contribution in [1.29, 1.82) is 0 Å². The summed E-state index contributed by atoms with van der Waals surface area (Å²) in [7, 11) is 1.46. The summed E-state index contributed by atoms with van der Waals surface area (Å²) in [6, 6.07) is 0. The highest BCUT2D eigenvalue weighted by Crippen LogP contribution is 2.10. The molecule has 8 heteroatoms. The number of nitrogens with two attached hydrogens (primary N) is 1. The van der Waals surface area contributed by atoms with E-state index < -0.39 is 17.4 Å². The molecule has 19 heavy (non-hydrogen) atoms. The van der Waals surface area contributed by atoms with Crippen molar-refractivity contribution in [3.63, 3.8) is 0 Å². The van der Waals surface area contributed by atoms with Crippen LogP contribution in [-0.2, 0) is 11.3 Å². The fourth-order valence-electron chi connectivity index (χ4n) is 1.68. The van der Waals surface area contributed by atoms with Gasteiger partial charge < -0.3 is 20.9 Å². The summed E-state index contributed by atoms with van der Waals surface area (Å²) in [6.07, 6.45) is -0.0580. The quantitative estimate of drug-likeness (QED) is 0.502. The Labute approximate surface area is 110 Å². The summed E-state index contributed by atoms with van der Waals surface area (Å²) in [4.78, 5) is 25.4. The number of hydrogen-bond acceptors (Lipinski definition) is 6. The van der Waals surface area contributed by atoms with Gasteiger partial charge in [-0.2, -0.15) is 0 Å². The van der Waals surface area contributed by atoms with Crippen LogP contribution in [0.25, 0.3) is 0 Å². The molecule has 0 saturated carbocycles. The summed E-state index contributed by atoms with van der Waals surface area (Å²) in [6.45, 7) is 2.55. The van der Waals surface area contributed by atoms with Crippen LogP contribution < -0.4 is 22.3 Å². The molecule has 1 aromatic heterocycles. The second kappa shape index (κ2) is 6.95. The van der Waals surface area contributed by atoms with Crippen LogP contribution in [0.1, 0.15) is 13.3 Å². The van der Waals surface area contributed by atoms with Gasteiger partial charge in [0.15, 0.2) is 0 Å². The first kappa shape index (κ1) is 15.3. The van der Waals surface area contributed by atoms with Crippen molar-refractivity contribution in [2.24, 2.45) is 0 Å². The number of aromatic amines is 1. The molecule has 1 heterocycles. The molecule has 0 aliphatic heterocycles. The van der Waals surface area contributed by atoms with Crippen LogP contribution in [-0.4, -0.2) is 41.0 Å². The van der Waals surface area contributed by atoms with E-state index in [1.165, 1.54) is 11.7 Å². The Hall–Kier alpha value is -1.80. The minimum Gasteiger partial charge on any atom is -0.389 e. The van der Waals surface area contributed by atoms with Crippen LogP contribution in [0.5, 0.6) is 0 Å². The van der Waals surface area contributed by atoms with E-state index in [1.54, 1.807) is 0 Å². The number of ether oxygens (including phenoxy) is 1. The zero-order chi connectivity index (χ0) is 14.4. The van der Waals surface area contributed by atoms with E-state index in [1.807, 2.05) is 6.92 Å². The Morgan fingerprint density at radius 3 is 2.79 bits per heavy atom. The van der Waals surface area contributed by atoms with E-state index >= 15 is 0 Å². The molecule has 108 valence electrons. The molecule has 1 aromatic rings. The molecular formula is C11H20N4O4. The number of aromatic nitrogens is 2. The van der Waals surface area contributed by atoms with Crippen LogP contribution in [0.2, 0.25) is 0 Å². The van der Waals surface area contributed by atoms with E-state index in [4.69, 9.17) is 10.5 Å². The molecule has 1 rings (SSSR count). The van der Waals surface area contributed by atoms with Crippen molar-refractivity contribution in [2.75, 3.05) is 31.3 Å². The molecule has 1 atom stereocenters. The lowest BCUT2D eigenvalue weighted by molar-refractivity contribution is 0.0727. The molecular weight excluding hydrogens is 252 g/mol. The maximum absolute atomic E-state index is 11.7. The number of hydrogen-bond donors (Lipinski definition) is 4. The van der Waals surface area contributed by atoms with Gasteiger partial charge >= 0.3 is 5.69 Å². The highest BCUT2D eigenvalue weighted by Gasteiger charge is 2.13. The Balaban J connectivity index is 2.97. The summed E-state index contributed by atoms with van der Waals surface area (Å²) in [5, 5.41) is 12.2. The van der Waals surface area contributed by atoms with Crippen molar-refractivity contribution in [3.05, 3.63) is 20.8 Å². The van der Waals surface area contributed by atoms with Gasteiger partial charge in [0, 0.05) is 20.2 Å². The second-order valence-corrected chi connectivity index (χ2v) is 4.16. The van der Waals surface area contributed by atoms with Crippen molar-refractivity contribution in [2.45, 2.75) is 26.0 Å². The molecule has 1 unspecified atom stereocenters. The number of methoxy groups -OCH3 is 1. The van der Waals surface area contributed by atoms with Crippen LogP contribution >= 0.6 is 0 Å². The molecule has 0 aromatic carbocycles. The molecule has 0 amide bonds. The molecule has 0 saturated heterocycles. The van der Waals surface area contributed by atoms with Gasteiger partial charge in [0.05, 0.1) is 12.7 Å². The SMILES string of the molecule is CCCn1c(N)c(NCC(O)COC)c(=O)[nH]c1=O. The molecule has 0 spiro atoms. The summed E-state index contributed by atoms with van der Waals surface area (Å²) in [5.41, 5.74) is 4.75. The van der Waals surface area contributed by atoms with Crippen molar-refractivity contribution >= 4 is 11.5 Å². The van der Waals surface area contributed by atoms with E-state index in [9.17, 15) is 14.7 Å². The topological polar surface area (TPSA) is 122 Å².